The molecule has 29 heavy (non-hydrogen) atoms. The van der Waals surface area contributed by atoms with Crippen molar-refractivity contribution in [3.63, 3.8) is 0 Å². The summed E-state index contributed by atoms with van der Waals surface area (Å²) in [4.78, 5) is 27.4. The summed E-state index contributed by atoms with van der Waals surface area (Å²) in [6.07, 6.45) is 0. The number of carbonyl (C=O) groups is 2. The number of carbonyl (C=O) groups excluding carboxylic acids is 2. The van der Waals surface area contributed by atoms with Crippen LogP contribution in [0.5, 0.6) is 11.5 Å². The van der Waals surface area contributed by atoms with Gasteiger partial charge in [-0.2, -0.15) is 0 Å². The van der Waals surface area contributed by atoms with E-state index in [1.807, 2.05) is 13.8 Å². The monoisotopic (exact) mass is 398 g/mol. The Kier molecular flexibility index (Phi) is 5.87. The molecule has 0 bridgehead atoms. The van der Waals surface area contributed by atoms with Gasteiger partial charge in [-0.15, -0.1) is 0 Å². The Labute approximate surface area is 168 Å². The standard InChI is InChI=1S/C22H23FN2O4/c1-13(2)12-25-21(26)19(14-5-10-17(28-3)18(11-14)29-4)20(22(25)27)24-16-8-6-15(23)7-9-16/h5-11,13,24H,12H2,1-4H3. The van der Waals surface area contributed by atoms with Crippen molar-refractivity contribution < 1.29 is 23.5 Å². The molecule has 0 atom stereocenters. The number of halogens is 1. The van der Waals surface area contributed by atoms with Crippen LogP contribution in [0.25, 0.3) is 5.57 Å². The van der Waals surface area contributed by atoms with E-state index >= 15 is 0 Å². The maximum absolute atomic E-state index is 13.2. The maximum atomic E-state index is 13.2. The second-order valence-corrected chi connectivity index (χ2v) is 7.07. The van der Waals surface area contributed by atoms with E-state index in [-0.39, 0.29) is 28.9 Å². The molecule has 1 N–H and O–H groups in total. The van der Waals surface area contributed by atoms with Crippen LogP contribution in [-0.2, 0) is 9.59 Å². The minimum Gasteiger partial charge on any atom is -0.493 e. The van der Waals surface area contributed by atoms with Gasteiger partial charge < -0.3 is 14.8 Å². The first-order valence-corrected chi connectivity index (χ1v) is 9.21. The maximum Gasteiger partial charge on any atom is 0.278 e. The fourth-order valence-electron chi connectivity index (χ4n) is 3.16. The van der Waals surface area contributed by atoms with Gasteiger partial charge >= 0.3 is 0 Å². The molecule has 6 nitrogen and oxygen atoms in total. The molecule has 7 heteroatoms. The number of ether oxygens (including phenoxy) is 2. The molecule has 0 radical (unpaired) electrons. The average molecular weight is 398 g/mol. The molecule has 3 rings (SSSR count). The van der Waals surface area contributed by atoms with Crippen LogP contribution in [-0.4, -0.2) is 37.5 Å². The number of imide groups is 1. The van der Waals surface area contributed by atoms with Crippen molar-refractivity contribution >= 4 is 23.1 Å². The number of rotatable bonds is 7. The van der Waals surface area contributed by atoms with Crippen LogP contribution in [0.3, 0.4) is 0 Å². The molecule has 0 aromatic heterocycles. The van der Waals surface area contributed by atoms with E-state index in [2.05, 4.69) is 5.32 Å². The van der Waals surface area contributed by atoms with Crippen molar-refractivity contribution in [1.82, 2.24) is 4.90 Å². The van der Waals surface area contributed by atoms with Gasteiger partial charge in [0.2, 0.25) is 0 Å². The summed E-state index contributed by atoms with van der Waals surface area (Å²) in [7, 11) is 3.02. The lowest BCUT2D eigenvalue weighted by molar-refractivity contribution is -0.137. The highest BCUT2D eigenvalue weighted by molar-refractivity contribution is 6.36. The number of benzene rings is 2. The van der Waals surface area contributed by atoms with Crippen LogP contribution >= 0.6 is 0 Å². The molecule has 0 saturated heterocycles. The number of nitrogens with one attached hydrogen (secondary N) is 1. The van der Waals surface area contributed by atoms with Crippen molar-refractivity contribution in [1.29, 1.82) is 0 Å². The zero-order chi connectivity index (χ0) is 21.1. The first-order valence-electron chi connectivity index (χ1n) is 9.21. The van der Waals surface area contributed by atoms with Gasteiger partial charge in [0.05, 0.1) is 19.8 Å². The van der Waals surface area contributed by atoms with Crippen LogP contribution < -0.4 is 14.8 Å². The van der Waals surface area contributed by atoms with Crippen LogP contribution in [0.1, 0.15) is 19.4 Å². The molecule has 2 aromatic rings. The molecule has 1 aliphatic rings. The Balaban J connectivity index is 2.10. The highest BCUT2D eigenvalue weighted by Gasteiger charge is 2.39. The third-order valence-electron chi connectivity index (χ3n) is 4.50. The van der Waals surface area contributed by atoms with Gasteiger partial charge in [-0.05, 0) is 47.9 Å². The first-order chi connectivity index (χ1) is 13.8. The number of hydrogen-bond acceptors (Lipinski definition) is 5. The average Bonchev–Trinajstić information content (AvgIpc) is 2.93. The Morgan fingerprint density at radius 2 is 1.62 bits per heavy atom. The molecule has 0 spiro atoms. The minimum absolute atomic E-state index is 0.111. The van der Waals surface area contributed by atoms with Gasteiger partial charge in [0, 0.05) is 12.2 Å². The van der Waals surface area contributed by atoms with E-state index in [4.69, 9.17) is 9.47 Å². The Bertz CT molecular complexity index is 967. The highest BCUT2D eigenvalue weighted by atomic mass is 19.1. The zero-order valence-electron chi connectivity index (χ0n) is 16.8. The smallest absolute Gasteiger partial charge is 0.278 e. The summed E-state index contributed by atoms with van der Waals surface area (Å²) in [6, 6.07) is 10.6. The lowest BCUT2D eigenvalue weighted by Crippen LogP contribution is -2.35. The molecule has 1 heterocycles. The Morgan fingerprint density at radius 1 is 0.966 bits per heavy atom. The topological polar surface area (TPSA) is 67.9 Å². The Morgan fingerprint density at radius 3 is 2.21 bits per heavy atom. The minimum atomic E-state index is -0.419. The Hall–Kier alpha value is -3.35. The lowest BCUT2D eigenvalue weighted by atomic mass is 10.0. The molecule has 2 aromatic carbocycles. The van der Waals surface area contributed by atoms with E-state index in [1.165, 1.54) is 43.4 Å². The summed E-state index contributed by atoms with van der Waals surface area (Å²) in [5.41, 5.74) is 1.42. The molecule has 152 valence electrons. The van der Waals surface area contributed by atoms with Gasteiger partial charge in [0.15, 0.2) is 11.5 Å². The van der Waals surface area contributed by atoms with Crippen LogP contribution in [0.15, 0.2) is 48.2 Å². The van der Waals surface area contributed by atoms with E-state index < -0.39 is 5.91 Å². The predicted molar refractivity (Wildman–Crippen MR) is 108 cm³/mol. The van der Waals surface area contributed by atoms with Gasteiger partial charge in [0.1, 0.15) is 11.5 Å². The molecule has 0 fully saturated rings. The summed E-state index contributed by atoms with van der Waals surface area (Å²) >= 11 is 0. The number of nitrogens with zero attached hydrogens (tertiary/aromatic N) is 1. The van der Waals surface area contributed by atoms with Crippen molar-refractivity contribution in [2.75, 3.05) is 26.1 Å². The molecule has 0 aliphatic carbocycles. The fourth-order valence-corrected chi connectivity index (χ4v) is 3.16. The van der Waals surface area contributed by atoms with Gasteiger partial charge in [-0.3, -0.25) is 14.5 Å². The molecule has 2 amide bonds. The summed E-state index contributed by atoms with van der Waals surface area (Å²) in [5.74, 6) is -0.125. The molecule has 1 aliphatic heterocycles. The third kappa shape index (κ3) is 4.08. The van der Waals surface area contributed by atoms with E-state index in [9.17, 15) is 14.0 Å². The number of hydrogen-bond donors (Lipinski definition) is 1. The predicted octanol–water partition coefficient (Wildman–Crippen LogP) is 3.69. The largest absolute Gasteiger partial charge is 0.493 e. The zero-order valence-corrected chi connectivity index (χ0v) is 16.8. The molecular formula is C22H23FN2O4. The molecular weight excluding hydrogens is 375 g/mol. The highest BCUT2D eigenvalue weighted by Crippen LogP contribution is 2.35. The van der Waals surface area contributed by atoms with Crippen LogP contribution in [0.2, 0.25) is 0 Å². The van der Waals surface area contributed by atoms with E-state index in [0.29, 0.717) is 29.3 Å². The van der Waals surface area contributed by atoms with E-state index in [0.717, 1.165) is 0 Å². The van der Waals surface area contributed by atoms with Gasteiger partial charge in [-0.25, -0.2) is 4.39 Å². The van der Waals surface area contributed by atoms with Crippen molar-refractivity contribution in [3.8, 4) is 11.5 Å². The van der Waals surface area contributed by atoms with Crippen molar-refractivity contribution in [2.24, 2.45) is 5.92 Å². The number of amides is 2. The van der Waals surface area contributed by atoms with E-state index in [1.54, 1.807) is 18.2 Å². The first kappa shape index (κ1) is 20.4. The number of anilines is 1. The second kappa shape index (κ2) is 8.34. The quantitative estimate of drug-likeness (QED) is 0.721. The lowest BCUT2D eigenvalue weighted by Gasteiger charge is -2.17. The van der Waals surface area contributed by atoms with Crippen LogP contribution in [0.4, 0.5) is 10.1 Å². The normalized spacial score (nSPS) is 14.1. The second-order valence-electron chi connectivity index (χ2n) is 7.07. The number of methoxy groups -OCH3 is 2. The SMILES string of the molecule is COc1ccc(C2=C(Nc3ccc(F)cc3)C(=O)N(CC(C)C)C2=O)cc1OC. The third-order valence-corrected chi connectivity index (χ3v) is 4.50. The van der Waals surface area contributed by atoms with Gasteiger partial charge in [-0.1, -0.05) is 19.9 Å². The molecule has 0 unspecified atom stereocenters. The molecule has 0 saturated carbocycles. The summed E-state index contributed by atoms with van der Waals surface area (Å²) in [6.45, 7) is 4.16. The summed E-state index contributed by atoms with van der Waals surface area (Å²) < 4.78 is 23.8. The summed E-state index contributed by atoms with van der Waals surface area (Å²) in [5, 5.41) is 2.99. The van der Waals surface area contributed by atoms with Gasteiger partial charge in [0.25, 0.3) is 11.8 Å². The van der Waals surface area contributed by atoms with Crippen molar-refractivity contribution in [3.05, 3.63) is 59.5 Å². The van der Waals surface area contributed by atoms with Crippen molar-refractivity contribution in [2.45, 2.75) is 13.8 Å². The van der Waals surface area contributed by atoms with Crippen LogP contribution in [0, 0.1) is 11.7 Å². The fraction of sp³-hybridized carbons (Fsp3) is 0.273.